The Morgan fingerprint density at radius 2 is 1.87 bits per heavy atom. The van der Waals surface area contributed by atoms with E-state index in [9.17, 15) is 9.67 Å². The molecule has 0 radical (unpaired) electrons. The molecule has 0 amide bonds. The lowest BCUT2D eigenvalue weighted by atomic mass is 9.90. The van der Waals surface area contributed by atoms with Crippen LogP contribution in [0.5, 0.6) is 0 Å². The van der Waals surface area contributed by atoms with Crippen LogP contribution >= 0.6 is 7.37 Å². The van der Waals surface area contributed by atoms with Gasteiger partial charge < -0.3 is 14.4 Å². The van der Waals surface area contributed by atoms with E-state index in [2.05, 4.69) is 6.92 Å². The van der Waals surface area contributed by atoms with Gasteiger partial charge >= 0.3 is 0 Å². The highest BCUT2D eigenvalue weighted by Crippen LogP contribution is 2.61. The molecule has 1 aliphatic rings. The Morgan fingerprint density at radius 3 is 2.26 bits per heavy atom. The fourth-order valence-corrected chi connectivity index (χ4v) is 6.26. The second kappa shape index (κ2) is 7.56. The standard InChI is InChI=1S/C18H37O4P/c1-8-17(6,19)23(20,10-3)22-16(4,5)13-15-11-12-18(9-2,14-15)21-7/h15,19H,8-14H2,1-7H3/t15-,17?,18-,23?/m1/s1. The van der Waals surface area contributed by atoms with Gasteiger partial charge in [-0.2, -0.15) is 0 Å². The molecular weight excluding hydrogens is 311 g/mol. The molecule has 2 unspecified atom stereocenters. The number of aliphatic hydroxyl groups is 1. The van der Waals surface area contributed by atoms with Gasteiger partial charge in [-0.15, -0.1) is 0 Å². The second-order valence-electron chi connectivity index (χ2n) is 7.96. The third-order valence-electron chi connectivity index (χ3n) is 5.74. The van der Waals surface area contributed by atoms with Gasteiger partial charge in [0.15, 0.2) is 0 Å². The van der Waals surface area contributed by atoms with E-state index in [4.69, 9.17) is 9.26 Å². The molecule has 0 saturated heterocycles. The van der Waals surface area contributed by atoms with E-state index in [1.54, 1.807) is 14.0 Å². The van der Waals surface area contributed by atoms with Crippen molar-refractivity contribution in [1.82, 2.24) is 0 Å². The minimum absolute atomic E-state index is 0.00408. The van der Waals surface area contributed by atoms with Crippen molar-refractivity contribution in [3.63, 3.8) is 0 Å². The Balaban J connectivity index is 2.79. The maximum Gasteiger partial charge on any atom is 0.233 e. The van der Waals surface area contributed by atoms with Crippen molar-refractivity contribution in [2.75, 3.05) is 13.3 Å². The van der Waals surface area contributed by atoms with Gasteiger partial charge in [-0.1, -0.05) is 20.8 Å². The zero-order valence-electron chi connectivity index (χ0n) is 16.1. The van der Waals surface area contributed by atoms with E-state index in [0.29, 0.717) is 18.5 Å². The quantitative estimate of drug-likeness (QED) is 0.583. The van der Waals surface area contributed by atoms with Crippen LogP contribution in [0, 0.1) is 5.92 Å². The largest absolute Gasteiger partial charge is 0.380 e. The molecule has 138 valence electrons. The van der Waals surface area contributed by atoms with Crippen molar-refractivity contribution in [3.8, 4) is 0 Å². The van der Waals surface area contributed by atoms with Gasteiger partial charge in [-0.25, -0.2) is 0 Å². The van der Waals surface area contributed by atoms with Crippen LogP contribution in [0.2, 0.25) is 0 Å². The van der Waals surface area contributed by atoms with Crippen LogP contribution in [-0.2, 0) is 13.8 Å². The van der Waals surface area contributed by atoms with Crippen molar-refractivity contribution in [2.45, 2.75) is 96.6 Å². The molecule has 23 heavy (non-hydrogen) atoms. The Bertz CT molecular complexity index is 427. The molecule has 0 bridgehead atoms. The normalized spacial score (nSPS) is 30.9. The van der Waals surface area contributed by atoms with Crippen molar-refractivity contribution < 1.29 is 18.9 Å². The Labute approximate surface area is 142 Å². The summed E-state index contributed by atoms with van der Waals surface area (Å²) in [6.07, 6.45) is 5.90. The van der Waals surface area contributed by atoms with Gasteiger partial charge in [0.25, 0.3) is 0 Å². The van der Waals surface area contributed by atoms with Crippen LogP contribution in [-0.4, -0.2) is 34.9 Å². The molecule has 0 aromatic carbocycles. The summed E-state index contributed by atoms with van der Waals surface area (Å²) >= 11 is 0. The van der Waals surface area contributed by atoms with Crippen LogP contribution in [0.15, 0.2) is 0 Å². The third-order valence-corrected chi connectivity index (χ3v) is 9.15. The summed E-state index contributed by atoms with van der Waals surface area (Å²) in [6, 6.07) is 0. The molecule has 4 nitrogen and oxygen atoms in total. The molecule has 0 aromatic heterocycles. The highest BCUT2D eigenvalue weighted by atomic mass is 31.2. The van der Waals surface area contributed by atoms with E-state index < -0.39 is 18.3 Å². The molecule has 1 fully saturated rings. The second-order valence-corrected chi connectivity index (χ2v) is 11.1. The smallest absolute Gasteiger partial charge is 0.233 e. The number of hydrogen-bond acceptors (Lipinski definition) is 4. The van der Waals surface area contributed by atoms with Crippen LogP contribution in [0.25, 0.3) is 0 Å². The predicted molar refractivity (Wildman–Crippen MR) is 96.2 cm³/mol. The summed E-state index contributed by atoms with van der Waals surface area (Å²) < 4.78 is 25.0. The van der Waals surface area contributed by atoms with Gasteiger partial charge in [-0.05, 0) is 65.2 Å². The van der Waals surface area contributed by atoms with Crippen molar-refractivity contribution in [2.24, 2.45) is 5.92 Å². The summed E-state index contributed by atoms with van der Waals surface area (Å²) in [5, 5.41) is 9.26. The molecule has 0 aliphatic heterocycles. The van der Waals surface area contributed by atoms with E-state index in [0.717, 1.165) is 32.1 Å². The molecular formula is C18H37O4P. The lowest BCUT2D eigenvalue weighted by Crippen LogP contribution is -2.34. The molecule has 5 heteroatoms. The van der Waals surface area contributed by atoms with Gasteiger partial charge in [-0.3, -0.25) is 4.57 Å². The molecule has 4 atom stereocenters. The fraction of sp³-hybridized carbons (Fsp3) is 1.00. The Hall–Kier alpha value is 0.110. The summed E-state index contributed by atoms with van der Waals surface area (Å²) in [7, 11) is -1.30. The molecule has 0 spiro atoms. The molecule has 1 aliphatic carbocycles. The molecule has 1 saturated carbocycles. The van der Waals surface area contributed by atoms with Gasteiger partial charge in [0.05, 0.1) is 11.2 Å². The number of hydrogen-bond donors (Lipinski definition) is 1. The van der Waals surface area contributed by atoms with Crippen molar-refractivity contribution >= 4 is 7.37 Å². The first-order valence-corrected chi connectivity index (χ1v) is 10.9. The van der Waals surface area contributed by atoms with E-state index in [1.165, 1.54) is 0 Å². The Kier molecular flexibility index (Phi) is 6.95. The third kappa shape index (κ3) is 4.81. The lowest BCUT2D eigenvalue weighted by Gasteiger charge is -2.39. The zero-order chi connectivity index (χ0) is 17.9. The van der Waals surface area contributed by atoms with E-state index in [-0.39, 0.29) is 5.60 Å². The summed E-state index contributed by atoms with van der Waals surface area (Å²) in [6.45, 7) is 11.5. The number of ether oxygens (including phenoxy) is 1. The van der Waals surface area contributed by atoms with E-state index >= 15 is 0 Å². The van der Waals surface area contributed by atoms with Crippen LogP contribution in [0.4, 0.5) is 0 Å². The number of methoxy groups -OCH3 is 1. The SMILES string of the molecule is CCC(C)(O)P(=O)(CC)OC(C)(C)C[C@H]1CC[C@@](CC)(OC)C1. The van der Waals surface area contributed by atoms with Crippen LogP contribution < -0.4 is 0 Å². The highest BCUT2D eigenvalue weighted by molar-refractivity contribution is 7.60. The molecule has 1 rings (SSSR count). The zero-order valence-corrected chi connectivity index (χ0v) is 17.0. The molecule has 1 N–H and O–H groups in total. The van der Waals surface area contributed by atoms with Crippen LogP contribution in [0.3, 0.4) is 0 Å². The topological polar surface area (TPSA) is 55.8 Å². The fourth-order valence-electron chi connectivity index (χ4n) is 3.90. The molecule has 0 heterocycles. The highest BCUT2D eigenvalue weighted by Gasteiger charge is 2.46. The van der Waals surface area contributed by atoms with Crippen molar-refractivity contribution in [1.29, 1.82) is 0 Å². The first-order valence-electron chi connectivity index (χ1n) is 9.06. The van der Waals surface area contributed by atoms with Gasteiger partial charge in [0, 0.05) is 13.3 Å². The monoisotopic (exact) mass is 348 g/mol. The van der Waals surface area contributed by atoms with Gasteiger partial charge in [0.1, 0.15) is 5.34 Å². The first-order chi connectivity index (χ1) is 10.5. The summed E-state index contributed by atoms with van der Waals surface area (Å²) in [5.74, 6) is 0.516. The number of rotatable bonds is 9. The summed E-state index contributed by atoms with van der Waals surface area (Å²) in [5.41, 5.74) is -0.503. The maximum absolute atomic E-state index is 13.2. The predicted octanol–water partition coefficient (Wildman–Crippen LogP) is 5.18. The average Bonchev–Trinajstić information content (AvgIpc) is 2.89. The lowest BCUT2D eigenvalue weighted by molar-refractivity contribution is -0.0146. The van der Waals surface area contributed by atoms with Crippen molar-refractivity contribution in [3.05, 3.63) is 0 Å². The maximum atomic E-state index is 13.2. The molecule has 0 aromatic rings. The minimum atomic E-state index is -3.10. The summed E-state index contributed by atoms with van der Waals surface area (Å²) in [4.78, 5) is 0. The van der Waals surface area contributed by atoms with Gasteiger partial charge in [0.2, 0.25) is 7.37 Å². The van der Waals surface area contributed by atoms with Crippen LogP contribution in [0.1, 0.15) is 80.1 Å². The minimum Gasteiger partial charge on any atom is -0.380 e. The first kappa shape index (κ1) is 21.2. The average molecular weight is 348 g/mol. The van der Waals surface area contributed by atoms with E-state index in [1.807, 2.05) is 27.7 Å². The Morgan fingerprint density at radius 1 is 1.26 bits per heavy atom.